The van der Waals surface area contributed by atoms with Crippen molar-refractivity contribution >= 4 is 5.91 Å². The number of allylic oxidation sites excluding steroid dienone is 13. The van der Waals surface area contributed by atoms with Gasteiger partial charge in [-0.1, -0.05) is 381 Å². The molecule has 542 valence electrons. The van der Waals surface area contributed by atoms with Gasteiger partial charge in [0.25, 0.3) is 0 Å². The molecule has 9 heteroatoms. The molecule has 0 spiro atoms. The lowest BCUT2D eigenvalue weighted by Gasteiger charge is -2.40. The van der Waals surface area contributed by atoms with Gasteiger partial charge in [0, 0.05) is 6.42 Å². The van der Waals surface area contributed by atoms with Crippen LogP contribution in [0.5, 0.6) is 0 Å². The van der Waals surface area contributed by atoms with Crippen LogP contribution in [0.3, 0.4) is 0 Å². The number of hydrogen-bond acceptors (Lipinski definition) is 8. The maximum Gasteiger partial charge on any atom is 0.220 e. The minimum absolute atomic E-state index is 0.185. The molecule has 0 bridgehead atoms. The summed E-state index contributed by atoms with van der Waals surface area (Å²) in [5.41, 5.74) is 0. The van der Waals surface area contributed by atoms with Crippen LogP contribution in [0.2, 0.25) is 0 Å². The number of aliphatic hydroxyl groups is 5. The molecule has 7 unspecified atom stereocenters. The average Bonchev–Trinajstić information content (AvgIpc) is 1.02. The molecule has 0 radical (unpaired) electrons. The van der Waals surface area contributed by atoms with Crippen molar-refractivity contribution in [2.45, 2.75) is 429 Å². The molecule has 6 N–H and O–H groups in total. The Balaban J connectivity index is 2.08. The molecule has 93 heavy (non-hydrogen) atoms. The molecule has 1 fully saturated rings. The van der Waals surface area contributed by atoms with Gasteiger partial charge in [0.05, 0.1) is 25.4 Å². The second-order valence-corrected chi connectivity index (χ2v) is 27.8. The van der Waals surface area contributed by atoms with Gasteiger partial charge in [0.2, 0.25) is 5.91 Å². The lowest BCUT2D eigenvalue weighted by Crippen LogP contribution is -2.60. The Morgan fingerprint density at radius 1 is 0.376 bits per heavy atom. The number of unbranched alkanes of at least 4 members (excludes halogenated alkanes) is 49. The van der Waals surface area contributed by atoms with Crippen molar-refractivity contribution in [3.8, 4) is 0 Å². The fraction of sp³-hybridized carbons (Fsp3) is 0.821. The number of nitrogens with one attached hydrogen (secondary N) is 1. The number of hydrogen-bond donors (Lipinski definition) is 6. The molecule has 0 aliphatic carbocycles. The highest BCUT2D eigenvalue weighted by Gasteiger charge is 2.44. The van der Waals surface area contributed by atoms with Crippen LogP contribution in [-0.2, 0) is 14.3 Å². The predicted molar refractivity (Wildman–Crippen MR) is 401 cm³/mol. The maximum absolute atomic E-state index is 13.2. The van der Waals surface area contributed by atoms with Gasteiger partial charge < -0.3 is 40.3 Å². The van der Waals surface area contributed by atoms with Crippen molar-refractivity contribution < 1.29 is 39.8 Å². The minimum atomic E-state index is -1.58. The van der Waals surface area contributed by atoms with Gasteiger partial charge in [-0.2, -0.15) is 0 Å². The van der Waals surface area contributed by atoms with Crippen LogP contribution in [0, 0.1) is 0 Å². The molecule has 1 amide bonds. The van der Waals surface area contributed by atoms with Crippen molar-refractivity contribution in [3.05, 3.63) is 85.1 Å². The van der Waals surface area contributed by atoms with Gasteiger partial charge in [-0.05, 0) is 83.5 Å². The molecule has 0 aromatic rings. The van der Waals surface area contributed by atoms with Gasteiger partial charge >= 0.3 is 0 Å². The summed E-state index contributed by atoms with van der Waals surface area (Å²) in [6.07, 6.45) is 97.5. The third-order valence-corrected chi connectivity index (χ3v) is 18.9. The van der Waals surface area contributed by atoms with E-state index in [4.69, 9.17) is 9.47 Å². The standard InChI is InChI=1S/C84H153NO8/c1-3-5-7-9-11-13-15-17-19-21-23-25-27-29-31-33-35-36-37-38-39-40-41-42-44-46-48-50-52-54-56-58-60-62-64-66-68-70-72-74-80(88)85-77(76-92-84-83(91)82(90)81(89)79(75-86)93-84)78(87)73-71-69-67-65-63-61-59-57-55-53-51-49-47-45-43-34-32-30-28-26-24-22-20-18-16-14-12-10-8-6-4-2/h5,7,11,13,17,19,23,25,55,57,63,65,71,73,77-79,81-84,86-87,89-91H,3-4,6,8-10,12,14-16,18,20-22,24,26-54,56,58-62,64,66-70,72,74-76H2,1-2H3,(H,85,88)/b7-5-,13-11-,19-17-,25-23-,57-55+,65-63+,73-71+. The Hall–Kier alpha value is -2.63. The summed E-state index contributed by atoms with van der Waals surface area (Å²) in [5, 5.41) is 54.9. The first kappa shape index (κ1) is 88.4. The highest BCUT2D eigenvalue weighted by molar-refractivity contribution is 5.76. The van der Waals surface area contributed by atoms with E-state index in [9.17, 15) is 30.3 Å². The quantitative estimate of drug-likeness (QED) is 0.0261. The van der Waals surface area contributed by atoms with Crippen LogP contribution < -0.4 is 5.32 Å². The molecule has 0 aromatic carbocycles. The van der Waals surface area contributed by atoms with Crippen molar-refractivity contribution in [2.75, 3.05) is 13.2 Å². The predicted octanol–water partition coefficient (Wildman–Crippen LogP) is 23.2. The zero-order valence-corrected chi connectivity index (χ0v) is 61.0. The molecule has 1 rings (SSSR count). The van der Waals surface area contributed by atoms with Crippen LogP contribution in [0.4, 0.5) is 0 Å². The average molecular weight is 1310 g/mol. The molecular formula is C84H153NO8. The van der Waals surface area contributed by atoms with E-state index >= 15 is 0 Å². The number of ether oxygens (including phenoxy) is 2. The Morgan fingerprint density at radius 2 is 0.677 bits per heavy atom. The molecule has 1 aliphatic rings. The van der Waals surface area contributed by atoms with Crippen LogP contribution in [0.25, 0.3) is 0 Å². The normalized spacial score (nSPS) is 18.0. The topological polar surface area (TPSA) is 149 Å². The second-order valence-electron chi connectivity index (χ2n) is 27.8. The molecular weight excluding hydrogens is 1150 g/mol. The summed E-state index contributed by atoms with van der Waals surface area (Å²) in [6, 6.07) is -0.832. The molecule has 9 nitrogen and oxygen atoms in total. The summed E-state index contributed by atoms with van der Waals surface area (Å²) in [5.74, 6) is -0.185. The van der Waals surface area contributed by atoms with Gasteiger partial charge in [-0.25, -0.2) is 0 Å². The number of carbonyl (C=O) groups excluding carboxylic acids is 1. The highest BCUT2D eigenvalue weighted by atomic mass is 16.7. The summed E-state index contributed by atoms with van der Waals surface area (Å²) in [4.78, 5) is 13.2. The molecule has 0 saturated carbocycles. The Kier molecular flexibility index (Phi) is 68.5. The van der Waals surface area contributed by atoms with E-state index in [-0.39, 0.29) is 12.5 Å². The van der Waals surface area contributed by atoms with Crippen molar-refractivity contribution in [2.24, 2.45) is 0 Å². The lowest BCUT2D eigenvalue weighted by molar-refractivity contribution is -0.302. The summed E-state index contributed by atoms with van der Waals surface area (Å²) < 4.78 is 11.3. The molecule has 0 aromatic heterocycles. The lowest BCUT2D eigenvalue weighted by atomic mass is 9.99. The fourth-order valence-electron chi connectivity index (χ4n) is 12.7. The van der Waals surface area contributed by atoms with E-state index in [0.29, 0.717) is 6.42 Å². The number of aliphatic hydroxyl groups excluding tert-OH is 5. The first-order valence-electron chi connectivity index (χ1n) is 40.3. The third-order valence-electron chi connectivity index (χ3n) is 18.9. The zero-order chi connectivity index (χ0) is 67.1. The fourth-order valence-corrected chi connectivity index (χ4v) is 12.7. The monoisotopic (exact) mass is 1300 g/mol. The minimum Gasteiger partial charge on any atom is -0.394 e. The van der Waals surface area contributed by atoms with E-state index in [1.165, 1.54) is 295 Å². The van der Waals surface area contributed by atoms with E-state index in [1.807, 2.05) is 6.08 Å². The zero-order valence-electron chi connectivity index (χ0n) is 61.0. The Labute approximate surface area is 575 Å². The van der Waals surface area contributed by atoms with Crippen molar-refractivity contribution in [3.63, 3.8) is 0 Å². The van der Waals surface area contributed by atoms with Gasteiger partial charge in [0.15, 0.2) is 6.29 Å². The largest absolute Gasteiger partial charge is 0.394 e. The van der Waals surface area contributed by atoms with Crippen LogP contribution in [0.15, 0.2) is 85.1 Å². The molecule has 7 atom stereocenters. The first-order chi connectivity index (χ1) is 45.8. The third kappa shape index (κ3) is 60.3. The van der Waals surface area contributed by atoms with Crippen LogP contribution in [0.1, 0.15) is 386 Å². The van der Waals surface area contributed by atoms with Crippen molar-refractivity contribution in [1.82, 2.24) is 5.32 Å². The van der Waals surface area contributed by atoms with Crippen LogP contribution >= 0.6 is 0 Å². The number of rotatable bonds is 71. The van der Waals surface area contributed by atoms with E-state index in [0.717, 1.165) is 70.6 Å². The number of amides is 1. The van der Waals surface area contributed by atoms with Gasteiger partial charge in [0.1, 0.15) is 24.4 Å². The van der Waals surface area contributed by atoms with Gasteiger partial charge in [-0.3, -0.25) is 4.79 Å². The molecule has 1 aliphatic heterocycles. The summed E-state index contributed by atoms with van der Waals surface area (Å²) in [6.45, 7) is 3.70. The smallest absolute Gasteiger partial charge is 0.220 e. The first-order valence-corrected chi connectivity index (χ1v) is 40.3. The van der Waals surface area contributed by atoms with Gasteiger partial charge in [-0.15, -0.1) is 0 Å². The highest BCUT2D eigenvalue weighted by Crippen LogP contribution is 2.24. The number of carbonyl (C=O) groups is 1. The molecule has 1 saturated heterocycles. The maximum atomic E-state index is 13.2. The van der Waals surface area contributed by atoms with Crippen LogP contribution in [-0.4, -0.2) is 87.5 Å². The SMILES string of the molecule is CC/C=C\C/C=C\C/C=C\C/C=C\CCCCCCCCCCCCCCCCCCCCCCCCCCCCC(=O)NC(COC1OC(CO)C(O)C(O)C1O)C(O)/C=C/CC/C=C/CC/C=C/CCCCCCCCCCCCCCCCCCCCCCC. The second kappa shape index (κ2) is 72.1. The van der Waals surface area contributed by atoms with E-state index in [2.05, 4.69) is 92.1 Å². The summed E-state index contributed by atoms with van der Waals surface area (Å²) in [7, 11) is 0. The Bertz CT molecular complexity index is 1750. The molecule has 1 heterocycles. The summed E-state index contributed by atoms with van der Waals surface area (Å²) >= 11 is 0. The van der Waals surface area contributed by atoms with Crippen molar-refractivity contribution in [1.29, 1.82) is 0 Å². The van der Waals surface area contributed by atoms with E-state index in [1.54, 1.807) is 6.08 Å². The Morgan fingerprint density at radius 3 is 1.03 bits per heavy atom. The van der Waals surface area contributed by atoms with E-state index < -0.39 is 49.5 Å².